The van der Waals surface area contributed by atoms with Crippen LogP contribution in [0.4, 0.5) is 15.3 Å². The number of amides is 2. The molecule has 1 saturated carbocycles. The number of carbonyl (C=O) groups is 2. The normalized spacial score (nSPS) is 22.0. The van der Waals surface area contributed by atoms with E-state index in [9.17, 15) is 13.8 Å². The van der Waals surface area contributed by atoms with E-state index in [-0.39, 0.29) is 24.3 Å². The third kappa shape index (κ3) is 7.10. The first-order chi connectivity index (χ1) is 17.6. The second-order valence-electron chi connectivity index (χ2n) is 10.6. The summed E-state index contributed by atoms with van der Waals surface area (Å²) < 4.78 is 24.3. The van der Waals surface area contributed by atoms with Gasteiger partial charge in [0.05, 0.1) is 22.1 Å². The molecule has 1 aliphatic heterocycles. The molecule has 4 rings (SSSR count). The van der Waals surface area contributed by atoms with Gasteiger partial charge in [0.15, 0.2) is 0 Å². The maximum absolute atomic E-state index is 13.9. The van der Waals surface area contributed by atoms with E-state index in [0.717, 1.165) is 58.9 Å². The first-order valence-corrected chi connectivity index (χ1v) is 16.2. The van der Waals surface area contributed by atoms with Crippen molar-refractivity contribution in [3.05, 3.63) is 29.4 Å². The van der Waals surface area contributed by atoms with Crippen molar-refractivity contribution in [2.45, 2.75) is 95.3 Å². The maximum atomic E-state index is 13.9. The second-order valence-corrected chi connectivity index (χ2v) is 14.8. The Labute approximate surface area is 224 Å². The highest BCUT2D eigenvalue weighted by atomic mass is 32.2. The van der Waals surface area contributed by atoms with Gasteiger partial charge in [-0.15, -0.1) is 11.3 Å². The topological polar surface area (TPSA) is 107 Å². The number of benzene rings is 1. The fraction of sp³-hybridized carbons (Fsp3) is 0.593. The zero-order valence-corrected chi connectivity index (χ0v) is 23.8. The number of alkyl carbamates (subject to hydrolysis) is 1. The second kappa shape index (κ2) is 11.9. The molecule has 0 bridgehead atoms. The van der Waals surface area contributed by atoms with E-state index >= 15 is 0 Å². The molecule has 0 radical (unpaired) electrons. The van der Waals surface area contributed by atoms with Crippen molar-refractivity contribution < 1.29 is 23.3 Å². The minimum Gasteiger partial charge on any atom is -0.447 e. The highest BCUT2D eigenvalue weighted by molar-refractivity contribution is 8.03. The van der Waals surface area contributed by atoms with Crippen LogP contribution in [0.3, 0.4) is 0 Å². The summed E-state index contributed by atoms with van der Waals surface area (Å²) in [5.41, 5.74) is 1.54. The number of rotatable bonds is 7. The van der Waals surface area contributed by atoms with Crippen molar-refractivity contribution in [2.24, 2.45) is 0 Å². The van der Waals surface area contributed by atoms with Gasteiger partial charge >= 0.3 is 12.2 Å². The van der Waals surface area contributed by atoms with Crippen LogP contribution in [0.2, 0.25) is 0 Å². The molecule has 37 heavy (non-hydrogen) atoms. The number of thiol groups is 1. The van der Waals surface area contributed by atoms with Crippen LogP contribution < -0.4 is 10.6 Å². The number of hydrogen-bond donors (Lipinski definition) is 3. The van der Waals surface area contributed by atoms with Gasteiger partial charge in [0.1, 0.15) is 0 Å². The van der Waals surface area contributed by atoms with Gasteiger partial charge in [-0.3, -0.25) is 9.53 Å². The largest absolute Gasteiger partial charge is 0.447 e. The van der Waals surface area contributed by atoms with E-state index in [1.165, 1.54) is 0 Å². The minimum absolute atomic E-state index is 0.128. The lowest BCUT2D eigenvalue weighted by Gasteiger charge is -2.28. The molecule has 2 aromatic rings. The number of hydrogen-bond acceptors (Lipinski definition) is 7. The van der Waals surface area contributed by atoms with Gasteiger partial charge in [0.25, 0.3) is 0 Å². The van der Waals surface area contributed by atoms with E-state index in [2.05, 4.69) is 10.6 Å². The number of ether oxygens (including phenoxy) is 2. The van der Waals surface area contributed by atoms with E-state index in [1.54, 1.807) is 25.2 Å². The molecule has 0 spiro atoms. The molecule has 2 amide bonds. The SMILES string of the molecule is CC(C)OC(=O)Nc1ccc(-c2cnc([C@H]3CC[C@H](NC(=O)OC(C)C)CC3)s2)c([SH]2(=O)CCCC2)c1. The molecule has 2 aliphatic rings. The van der Waals surface area contributed by atoms with Crippen LogP contribution in [0.5, 0.6) is 0 Å². The Balaban J connectivity index is 1.49. The van der Waals surface area contributed by atoms with Gasteiger partial charge < -0.3 is 14.8 Å². The lowest BCUT2D eigenvalue weighted by atomic mass is 9.86. The van der Waals surface area contributed by atoms with Crippen LogP contribution in [0.1, 0.15) is 77.1 Å². The molecular weight excluding hydrogens is 510 g/mol. The minimum atomic E-state index is -2.54. The fourth-order valence-electron chi connectivity index (χ4n) is 5.10. The summed E-state index contributed by atoms with van der Waals surface area (Å²) in [6.45, 7) is 7.29. The zero-order valence-electron chi connectivity index (χ0n) is 22.1. The molecular formula is C27H39N3O5S2. The third-order valence-corrected chi connectivity index (χ3v) is 11.4. The maximum Gasteiger partial charge on any atom is 0.411 e. The molecule has 1 aromatic carbocycles. The molecule has 204 valence electrons. The summed E-state index contributed by atoms with van der Waals surface area (Å²) in [5, 5.41) is 6.84. The lowest BCUT2D eigenvalue weighted by molar-refractivity contribution is 0.109. The molecule has 1 aromatic heterocycles. The van der Waals surface area contributed by atoms with Crippen LogP contribution in [0.15, 0.2) is 29.3 Å². The van der Waals surface area contributed by atoms with Crippen molar-refractivity contribution in [3.8, 4) is 10.4 Å². The molecule has 0 unspecified atom stereocenters. The first-order valence-electron chi connectivity index (χ1n) is 13.3. The highest BCUT2D eigenvalue weighted by Crippen LogP contribution is 2.42. The molecule has 8 nitrogen and oxygen atoms in total. The lowest BCUT2D eigenvalue weighted by Crippen LogP contribution is -2.38. The Morgan fingerprint density at radius 1 is 1.00 bits per heavy atom. The Hall–Kier alpha value is -2.46. The van der Waals surface area contributed by atoms with Crippen LogP contribution >= 0.6 is 11.3 Å². The fourth-order valence-corrected chi connectivity index (χ4v) is 9.49. The van der Waals surface area contributed by atoms with Gasteiger partial charge in [0.2, 0.25) is 0 Å². The van der Waals surface area contributed by atoms with Crippen molar-refractivity contribution in [1.82, 2.24) is 10.3 Å². The number of nitrogens with one attached hydrogen (secondary N) is 2. The summed E-state index contributed by atoms with van der Waals surface area (Å²) in [4.78, 5) is 30.7. The quantitative estimate of drug-likeness (QED) is 0.361. The number of carbonyl (C=O) groups excluding carboxylic acids is 2. The monoisotopic (exact) mass is 549 g/mol. The van der Waals surface area contributed by atoms with Crippen LogP contribution in [-0.4, -0.2) is 51.1 Å². The average molecular weight is 550 g/mol. The first kappa shape index (κ1) is 27.6. The van der Waals surface area contributed by atoms with Crippen LogP contribution in [-0.2, 0) is 19.4 Å². The molecule has 1 aliphatic carbocycles. The van der Waals surface area contributed by atoms with Gasteiger partial charge in [-0.25, -0.2) is 14.6 Å². The predicted molar refractivity (Wildman–Crippen MR) is 149 cm³/mol. The molecule has 1 saturated heterocycles. The van der Waals surface area contributed by atoms with Gasteiger partial charge in [-0.2, -0.15) is 0 Å². The summed E-state index contributed by atoms with van der Waals surface area (Å²) in [6.07, 6.45) is 6.28. The van der Waals surface area contributed by atoms with Crippen molar-refractivity contribution in [2.75, 3.05) is 16.8 Å². The van der Waals surface area contributed by atoms with E-state index in [4.69, 9.17) is 14.5 Å². The molecule has 10 heteroatoms. The zero-order chi connectivity index (χ0) is 26.6. The molecule has 0 atom stereocenters. The summed E-state index contributed by atoms with van der Waals surface area (Å²) >= 11 is 1.66. The highest BCUT2D eigenvalue weighted by Gasteiger charge is 2.29. The standard InChI is InChI=1S/C27H39N3O5S2/c1-17(2)34-26(31)29-20-9-7-19(8-10-20)25-28-16-23(36-25)22-12-11-21(30-27(32)35-18(3)4)15-24(22)37(33)13-5-6-14-37/h11-12,15-20,37H,5-10,13-14H2,1-4H3,(H,29,31)(H,30,32)/t19-,20-. The van der Waals surface area contributed by atoms with Gasteiger partial charge in [-0.1, -0.05) is 16.0 Å². The van der Waals surface area contributed by atoms with Gasteiger partial charge in [0, 0.05) is 45.8 Å². The Morgan fingerprint density at radius 3 is 2.30 bits per heavy atom. The number of anilines is 1. The van der Waals surface area contributed by atoms with Crippen molar-refractivity contribution >= 4 is 39.1 Å². The third-order valence-electron chi connectivity index (χ3n) is 6.84. The molecule has 2 heterocycles. The smallest absolute Gasteiger partial charge is 0.411 e. The van der Waals surface area contributed by atoms with Crippen LogP contribution in [0, 0.1) is 0 Å². The summed E-state index contributed by atoms with van der Waals surface area (Å²) in [7, 11) is -2.54. The molecule has 2 N–H and O–H groups in total. The van der Waals surface area contributed by atoms with E-state index in [1.807, 2.05) is 38.2 Å². The van der Waals surface area contributed by atoms with Crippen LogP contribution in [0.25, 0.3) is 10.4 Å². The predicted octanol–water partition coefficient (Wildman–Crippen LogP) is 6.10. The Morgan fingerprint density at radius 2 is 1.65 bits per heavy atom. The van der Waals surface area contributed by atoms with E-state index < -0.39 is 16.0 Å². The summed E-state index contributed by atoms with van der Waals surface area (Å²) in [6, 6.07) is 5.80. The Kier molecular flexibility index (Phi) is 8.90. The average Bonchev–Trinajstić information content (AvgIpc) is 3.49. The summed E-state index contributed by atoms with van der Waals surface area (Å²) in [5.74, 6) is 1.74. The number of thiazole rings is 1. The van der Waals surface area contributed by atoms with E-state index in [0.29, 0.717) is 23.1 Å². The van der Waals surface area contributed by atoms with Gasteiger partial charge in [-0.05, 0) is 78.4 Å². The Bertz CT molecular complexity index is 1140. The van der Waals surface area contributed by atoms with Crippen molar-refractivity contribution in [1.29, 1.82) is 0 Å². The molecule has 2 fully saturated rings. The van der Waals surface area contributed by atoms with Crippen molar-refractivity contribution in [3.63, 3.8) is 0 Å². The number of aromatic nitrogens is 1. The number of nitrogens with zero attached hydrogens (tertiary/aromatic N) is 1.